The summed E-state index contributed by atoms with van der Waals surface area (Å²) < 4.78 is 0. The Bertz CT molecular complexity index is 422. The van der Waals surface area contributed by atoms with Crippen molar-refractivity contribution in [1.82, 2.24) is 0 Å². The van der Waals surface area contributed by atoms with Crippen molar-refractivity contribution in [3.63, 3.8) is 0 Å². The lowest BCUT2D eigenvalue weighted by molar-refractivity contribution is 0.578. The van der Waals surface area contributed by atoms with Crippen molar-refractivity contribution in [1.29, 1.82) is 10.5 Å². The zero-order valence-corrected chi connectivity index (χ0v) is 8.50. The van der Waals surface area contributed by atoms with Crippen LogP contribution in [0.3, 0.4) is 0 Å². The molecule has 0 spiro atoms. The van der Waals surface area contributed by atoms with Crippen LogP contribution in [-0.4, -0.2) is 5.71 Å². The first kappa shape index (κ1) is 10.2. The minimum Gasteiger partial charge on any atom is -0.227 e. The highest BCUT2D eigenvalue weighted by Gasteiger charge is 2.21. The van der Waals surface area contributed by atoms with Gasteiger partial charge in [0.25, 0.3) is 0 Å². The van der Waals surface area contributed by atoms with Crippen molar-refractivity contribution in [2.24, 2.45) is 10.4 Å². The zero-order chi connectivity index (χ0) is 10.8. The Morgan fingerprint density at radius 3 is 2.43 bits per heavy atom. The summed E-state index contributed by atoms with van der Waals surface area (Å²) in [6.45, 7) is 5.92. The molecule has 0 N–H and O–H groups in total. The van der Waals surface area contributed by atoms with E-state index in [1.165, 1.54) is 0 Å². The summed E-state index contributed by atoms with van der Waals surface area (Å²) >= 11 is 0. The third-order valence-electron chi connectivity index (χ3n) is 2.34. The van der Waals surface area contributed by atoms with Gasteiger partial charge in [-0.1, -0.05) is 19.4 Å². The SMILES string of the molecule is CC1=CC(C#N)=NC(C#N)=CC1(C)C. The van der Waals surface area contributed by atoms with Gasteiger partial charge in [-0.25, -0.2) is 4.99 Å². The normalized spacial score (nSPS) is 19.4. The third kappa shape index (κ3) is 1.89. The molecule has 1 rings (SSSR count). The van der Waals surface area contributed by atoms with E-state index in [9.17, 15) is 0 Å². The molecule has 0 saturated heterocycles. The molecule has 0 unspecified atom stereocenters. The lowest BCUT2D eigenvalue weighted by Crippen LogP contribution is -2.09. The molecule has 3 nitrogen and oxygen atoms in total. The number of hydrogen-bond donors (Lipinski definition) is 0. The van der Waals surface area contributed by atoms with Gasteiger partial charge in [-0.2, -0.15) is 10.5 Å². The van der Waals surface area contributed by atoms with Gasteiger partial charge in [-0.15, -0.1) is 0 Å². The van der Waals surface area contributed by atoms with Gasteiger partial charge in [-0.3, -0.25) is 0 Å². The van der Waals surface area contributed by atoms with Crippen LogP contribution in [0.25, 0.3) is 0 Å². The van der Waals surface area contributed by atoms with Crippen LogP contribution in [0.2, 0.25) is 0 Å². The van der Waals surface area contributed by atoms with Crippen molar-refractivity contribution < 1.29 is 0 Å². The Morgan fingerprint density at radius 2 is 1.93 bits per heavy atom. The number of nitriles is 2. The van der Waals surface area contributed by atoms with E-state index in [1.807, 2.05) is 32.9 Å². The summed E-state index contributed by atoms with van der Waals surface area (Å²) in [5, 5.41) is 17.5. The van der Waals surface area contributed by atoms with E-state index < -0.39 is 0 Å². The highest BCUT2D eigenvalue weighted by molar-refractivity contribution is 6.08. The fraction of sp³-hybridized carbons (Fsp3) is 0.364. The van der Waals surface area contributed by atoms with E-state index in [1.54, 1.807) is 12.2 Å². The maximum Gasteiger partial charge on any atom is 0.142 e. The van der Waals surface area contributed by atoms with E-state index in [0.717, 1.165) is 5.57 Å². The predicted octanol–water partition coefficient (Wildman–Crippen LogP) is 2.34. The number of rotatable bonds is 0. The second kappa shape index (κ2) is 3.47. The summed E-state index contributed by atoms with van der Waals surface area (Å²) in [6, 6.07) is 3.93. The molecule has 3 heteroatoms. The van der Waals surface area contributed by atoms with Gasteiger partial charge in [0.2, 0.25) is 0 Å². The number of aliphatic imine (C=N–C) groups is 1. The average molecular weight is 185 g/mol. The van der Waals surface area contributed by atoms with Crippen LogP contribution in [0.5, 0.6) is 0 Å². The van der Waals surface area contributed by atoms with Gasteiger partial charge in [-0.05, 0) is 19.1 Å². The highest BCUT2D eigenvalue weighted by Crippen LogP contribution is 2.30. The zero-order valence-electron chi connectivity index (χ0n) is 8.50. The van der Waals surface area contributed by atoms with E-state index in [0.29, 0.717) is 11.4 Å². The number of hydrogen-bond acceptors (Lipinski definition) is 3. The Kier molecular flexibility index (Phi) is 2.53. The van der Waals surface area contributed by atoms with Crippen molar-refractivity contribution in [2.45, 2.75) is 20.8 Å². The molecule has 0 radical (unpaired) electrons. The summed E-state index contributed by atoms with van der Waals surface area (Å²) in [4.78, 5) is 3.94. The Labute approximate surface area is 83.7 Å². The molecular weight excluding hydrogens is 174 g/mol. The molecule has 0 aromatic rings. The van der Waals surface area contributed by atoms with Gasteiger partial charge in [0, 0.05) is 5.41 Å². The molecule has 0 aromatic carbocycles. The maximum atomic E-state index is 8.79. The van der Waals surface area contributed by atoms with Crippen LogP contribution >= 0.6 is 0 Å². The fourth-order valence-corrected chi connectivity index (χ4v) is 1.16. The Balaban J connectivity index is 3.32. The second-order valence-electron chi connectivity index (χ2n) is 3.80. The van der Waals surface area contributed by atoms with E-state index in [4.69, 9.17) is 10.5 Å². The Morgan fingerprint density at radius 1 is 1.29 bits per heavy atom. The van der Waals surface area contributed by atoms with Gasteiger partial charge in [0.1, 0.15) is 23.5 Å². The van der Waals surface area contributed by atoms with Crippen molar-refractivity contribution >= 4 is 5.71 Å². The van der Waals surface area contributed by atoms with E-state index >= 15 is 0 Å². The van der Waals surface area contributed by atoms with Crippen LogP contribution in [-0.2, 0) is 0 Å². The molecule has 0 bridgehead atoms. The van der Waals surface area contributed by atoms with E-state index in [-0.39, 0.29) is 5.41 Å². The molecule has 1 heterocycles. The quantitative estimate of drug-likeness (QED) is 0.581. The lowest BCUT2D eigenvalue weighted by atomic mass is 9.84. The first-order chi connectivity index (χ1) is 6.49. The lowest BCUT2D eigenvalue weighted by Gasteiger charge is -2.19. The molecule has 70 valence electrons. The van der Waals surface area contributed by atoms with Crippen LogP contribution < -0.4 is 0 Å². The van der Waals surface area contributed by atoms with Crippen LogP contribution in [0.15, 0.2) is 28.4 Å². The summed E-state index contributed by atoms with van der Waals surface area (Å²) in [5.41, 5.74) is 1.41. The molecule has 1 aliphatic rings. The topological polar surface area (TPSA) is 59.9 Å². The molecule has 0 amide bonds. The van der Waals surface area contributed by atoms with Crippen LogP contribution in [0.4, 0.5) is 0 Å². The van der Waals surface area contributed by atoms with Crippen LogP contribution in [0, 0.1) is 28.1 Å². The summed E-state index contributed by atoms with van der Waals surface area (Å²) in [7, 11) is 0. The van der Waals surface area contributed by atoms with Crippen molar-refractivity contribution in [3.05, 3.63) is 23.4 Å². The molecule has 0 aromatic heterocycles. The molecular formula is C11H11N3. The van der Waals surface area contributed by atoms with Gasteiger partial charge in [0.05, 0.1) is 0 Å². The van der Waals surface area contributed by atoms with Gasteiger partial charge >= 0.3 is 0 Å². The minimum absolute atomic E-state index is 0.215. The largest absolute Gasteiger partial charge is 0.227 e. The first-order valence-electron chi connectivity index (χ1n) is 4.30. The van der Waals surface area contributed by atoms with Crippen molar-refractivity contribution in [2.75, 3.05) is 0 Å². The number of nitrogens with zero attached hydrogens (tertiary/aromatic N) is 3. The highest BCUT2D eigenvalue weighted by atomic mass is 14.8. The molecule has 0 aliphatic carbocycles. The maximum absolute atomic E-state index is 8.79. The Hall–Kier alpha value is -1.87. The van der Waals surface area contributed by atoms with Gasteiger partial charge in [0.15, 0.2) is 0 Å². The molecule has 0 fully saturated rings. The first-order valence-corrected chi connectivity index (χ1v) is 4.30. The fourth-order valence-electron chi connectivity index (χ4n) is 1.16. The summed E-state index contributed by atoms with van der Waals surface area (Å²) in [6.07, 6.45) is 3.50. The smallest absolute Gasteiger partial charge is 0.142 e. The standard InChI is InChI=1S/C11H11N3/c1-8-4-9(6-12)14-10(7-13)5-11(8,2)3/h4-5H,1-3H3. The average Bonchev–Trinajstić information content (AvgIpc) is 2.24. The predicted molar refractivity (Wildman–Crippen MR) is 54.3 cm³/mol. The monoisotopic (exact) mass is 185 g/mol. The van der Waals surface area contributed by atoms with Gasteiger partial charge < -0.3 is 0 Å². The molecule has 0 saturated carbocycles. The summed E-state index contributed by atoms with van der Waals surface area (Å²) in [5.74, 6) is 0. The van der Waals surface area contributed by atoms with Crippen molar-refractivity contribution in [3.8, 4) is 12.1 Å². The number of allylic oxidation sites excluding steroid dienone is 4. The molecule has 0 atom stereocenters. The molecule has 1 aliphatic heterocycles. The second-order valence-corrected chi connectivity index (χ2v) is 3.80. The minimum atomic E-state index is -0.215. The van der Waals surface area contributed by atoms with E-state index in [2.05, 4.69) is 4.99 Å². The molecule has 14 heavy (non-hydrogen) atoms. The van der Waals surface area contributed by atoms with Crippen LogP contribution in [0.1, 0.15) is 20.8 Å². The third-order valence-corrected chi connectivity index (χ3v) is 2.34.